The number of aromatic hydroxyl groups is 1. The van der Waals surface area contributed by atoms with Crippen molar-refractivity contribution in [3.63, 3.8) is 0 Å². The van der Waals surface area contributed by atoms with Crippen molar-refractivity contribution < 1.29 is 28.2 Å². The zero-order valence-electron chi connectivity index (χ0n) is 10.4. The molecule has 0 aliphatic heterocycles. The van der Waals surface area contributed by atoms with Crippen LogP contribution in [0.2, 0.25) is 0 Å². The number of aliphatic carboxylic acids is 1. The Morgan fingerprint density at radius 3 is 2.60 bits per heavy atom. The highest BCUT2D eigenvalue weighted by Gasteiger charge is 2.30. The van der Waals surface area contributed by atoms with E-state index in [-0.39, 0.29) is 34.1 Å². The molecular weight excluding hydrogens is 315 g/mol. The van der Waals surface area contributed by atoms with Crippen molar-refractivity contribution in [2.75, 3.05) is 0 Å². The third kappa shape index (κ3) is 4.34. The number of rotatable bonds is 5. The monoisotopic (exact) mass is 327 g/mol. The summed E-state index contributed by atoms with van der Waals surface area (Å²) in [6.07, 6.45) is -3.52. The van der Waals surface area contributed by atoms with E-state index >= 15 is 0 Å². The Balaban J connectivity index is 2.98. The van der Waals surface area contributed by atoms with Crippen LogP contribution in [0.1, 0.15) is 24.6 Å². The normalized spacial score (nSPS) is 12.7. The molecule has 1 rings (SSSR count). The molecule has 2 N–H and O–H groups in total. The van der Waals surface area contributed by atoms with Crippen molar-refractivity contribution in [2.45, 2.75) is 32.5 Å². The number of allylic oxidation sites excluding steroid dienone is 1. The van der Waals surface area contributed by atoms with Crippen LogP contribution < -0.4 is 0 Å². The van der Waals surface area contributed by atoms with Crippen LogP contribution in [0.3, 0.4) is 0 Å². The highest BCUT2D eigenvalue weighted by molar-refractivity contribution is 7.73. The van der Waals surface area contributed by atoms with Gasteiger partial charge in [0, 0.05) is 18.5 Å². The molecular formula is C11H12F3NO3S2. The number of thiazole rings is 1. The van der Waals surface area contributed by atoms with Gasteiger partial charge in [0.05, 0.1) is 4.88 Å². The fourth-order valence-electron chi connectivity index (χ4n) is 1.37. The zero-order valence-corrected chi connectivity index (χ0v) is 12.0. The number of hydrogen-bond donors (Lipinski definition) is 2. The molecule has 0 spiro atoms. The summed E-state index contributed by atoms with van der Waals surface area (Å²) in [5, 5.41) is 18.4. The summed E-state index contributed by atoms with van der Waals surface area (Å²) in [6.45, 7) is 1.04. The third-order valence-electron chi connectivity index (χ3n) is 2.46. The van der Waals surface area contributed by atoms with Crippen LogP contribution in [0.25, 0.3) is 6.08 Å². The van der Waals surface area contributed by atoms with Crippen LogP contribution >= 0.6 is 23.6 Å². The summed E-state index contributed by atoms with van der Waals surface area (Å²) >= 11 is 5.80. The maximum atomic E-state index is 12.4. The van der Waals surface area contributed by atoms with Gasteiger partial charge in [0.25, 0.3) is 0 Å². The fourth-order valence-corrected chi connectivity index (χ4v) is 2.73. The van der Waals surface area contributed by atoms with Gasteiger partial charge < -0.3 is 10.2 Å². The lowest BCUT2D eigenvalue weighted by Gasteiger charge is -2.06. The van der Waals surface area contributed by atoms with Crippen LogP contribution in [-0.2, 0) is 11.3 Å². The molecule has 0 aromatic carbocycles. The van der Waals surface area contributed by atoms with E-state index in [1.54, 1.807) is 0 Å². The second-order valence-electron chi connectivity index (χ2n) is 4.03. The largest absolute Gasteiger partial charge is 0.493 e. The van der Waals surface area contributed by atoms with Gasteiger partial charge in [-0.2, -0.15) is 13.2 Å². The third-order valence-corrected chi connectivity index (χ3v) is 3.85. The number of aromatic nitrogens is 1. The van der Waals surface area contributed by atoms with Gasteiger partial charge in [-0.15, -0.1) is 11.3 Å². The molecule has 0 fully saturated rings. The molecule has 0 saturated heterocycles. The van der Waals surface area contributed by atoms with Gasteiger partial charge in [-0.25, -0.2) is 0 Å². The maximum Gasteiger partial charge on any atom is 0.412 e. The predicted molar refractivity (Wildman–Crippen MR) is 71.4 cm³/mol. The van der Waals surface area contributed by atoms with Crippen LogP contribution in [0.15, 0.2) is 5.57 Å². The average Bonchev–Trinajstić information content (AvgIpc) is 2.55. The summed E-state index contributed by atoms with van der Waals surface area (Å²) in [5.74, 6) is -1.35. The SMILES string of the molecule is CC(=Cc1sc(=S)n(CCCC(=O)O)c1O)C(F)(F)F. The topological polar surface area (TPSA) is 62.5 Å². The molecule has 4 nitrogen and oxygen atoms in total. The fraction of sp³-hybridized carbons (Fsp3) is 0.455. The van der Waals surface area contributed by atoms with Crippen molar-refractivity contribution >= 4 is 35.6 Å². The minimum Gasteiger partial charge on any atom is -0.493 e. The molecule has 112 valence electrons. The second-order valence-corrected chi connectivity index (χ2v) is 5.71. The first-order chi connectivity index (χ1) is 9.12. The second kappa shape index (κ2) is 6.40. The summed E-state index contributed by atoms with van der Waals surface area (Å²) in [7, 11) is 0. The Kier molecular flexibility index (Phi) is 5.35. The molecule has 0 unspecified atom stereocenters. The van der Waals surface area contributed by atoms with Gasteiger partial charge in [0.2, 0.25) is 5.88 Å². The van der Waals surface area contributed by atoms with E-state index in [0.717, 1.165) is 24.3 Å². The van der Waals surface area contributed by atoms with Gasteiger partial charge in [-0.1, -0.05) is 0 Å². The predicted octanol–water partition coefficient (Wildman–Crippen LogP) is 3.82. The Morgan fingerprint density at radius 1 is 1.50 bits per heavy atom. The minimum absolute atomic E-state index is 0.0140. The molecule has 0 bridgehead atoms. The van der Waals surface area contributed by atoms with Crippen LogP contribution in [0, 0.1) is 3.95 Å². The first kappa shape index (κ1) is 16.7. The molecule has 1 heterocycles. The maximum absolute atomic E-state index is 12.4. The first-order valence-electron chi connectivity index (χ1n) is 5.53. The highest BCUT2D eigenvalue weighted by atomic mass is 32.1. The van der Waals surface area contributed by atoms with Crippen molar-refractivity contribution in [1.29, 1.82) is 0 Å². The lowest BCUT2D eigenvalue weighted by Crippen LogP contribution is -2.08. The van der Waals surface area contributed by atoms with E-state index in [2.05, 4.69) is 0 Å². The molecule has 20 heavy (non-hydrogen) atoms. The van der Waals surface area contributed by atoms with E-state index in [9.17, 15) is 23.1 Å². The lowest BCUT2D eigenvalue weighted by molar-refractivity contribution is -0.137. The standard InChI is InChI=1S/C11H12F3NO3S2/c1-6(11(12,13)14)5-7-9(18)15(10(19)20-7)4-2-3-8(16)17/h5,18H,2-4H2,1H3,(H,16,17). The Hall–Kier alpha value is -1.35. The molecule has 0 aliphatic rings. The summed E-state index contributed by atoms with van der Waals surface area (Å²) in [6, 6.07) is 0. The van der Waals surface area contributed by atoms with Gasteiger partial charge in [-0.3, -0.25) is 9.36 Å². The van der Waals surface area contributed by atoms with E-state index in [4.69, 9.17) is 17.3 Å². The van der Waals surface area contributed by atoms with E-state index in [0.29, 0.717) is 0 Å². The molecule has 0 atom stereocenters. The zero-order chi connectivity index (χ0) is 15.5. The number of nitrogens with zero attached hydrogens (tertiary/aromatic N) is 1. The molecule has 0 radical (unpaired) electrons. The van der Waals surface area contributed by atoms with Gasteiger partial charge in [0.15, 0.2) is 3.95 Å². The minimum atomic E-state index is -4.47. The smallest absolute Gasteiger partial charge is 0.412 e. The van der Waals surface area contributed by atoms with Crippen LogP contribution in [-0.4, -0.2) is 26.9 Å². The molecule has 0 saturated carbocycles. The number of halogens is 3. The number of carbonyl (C=O) groups is 1. The Labute approximate surface area is 121 Å². The van der Waals surface area contributed by atoms with Crippen molar-refractivity contribution in [2.24, 2.45) is 0 Å². The Morgan fingerprint density at radius 2 is 2.10 bits per heavy atom. The summed E-state index contributed by atoms with van der Waals surface area (Å²) in [5.41, 5.74) is -0.846. The van der Waals surface area contributed by atoms with Gasteiger partial charge in [-0.05, 0) is 31.6 Å². The summed E-state index contributed by atoms with van der Waals surface area (Å²) in [4.78, 5) is 10.4. The van der Waals surface area contributed by atoms with Crippen LogP contribution in [0.4, 0.5) is 13.2 Å². The lowest BCUT2D eigenvalue weighted by atomic mass is 10.2. The summed E-state index contributed by atoms with van der Waals surface area (Å²) < 4.78 is 38.7. The number of hydrogen-bond acceptors (Lipinski definition) is 4. The van der Waals surface area contributed by atoms with Crippen molar-refractivity contribution in [1.82, 2.24) is 4.57 Å². The van der Waals surface area contributed by atoms with E-state index < -0.39 is 17.7 Å². The first-order valence-corrected chi connectivity index (χ1v) is 6.75. The molecule has 0 aliphatic carbocycles. The van der Waals surface area contributed by atoms with Crippen LogP contribution in [0.5, 0.6) is 5.88 Å². The number of carboxylic acid groups (broad SMARTS) is 1. The van der Waals surface area contributed by atoms with E-state index in [1.807, 2.05) is 0 Å². The van der Waals surface area contributed by atoms with Gasteiger partial charge in [0.1, 0.15) is 0 Å². The van der Waals surface area contributed by atoms with Crippen molar-refractivity contribution in [3.8, 4) is 5.88 Å². The molecule has 1 aromatic rings. The number of alkyl halides is 3. The van der Waals surface area contributed by atoms with E-state index in [1.165, 1.54) is 4.57 Å². The number of carboxylic acids is 1. The quantitative estimate of drug-likeness (QED) is 0.807. The van der Waals surface area contributed by atoms with Crippen molar-refractivity contribution in [3.05, 3.63) is 14.4 Å². The average molecular weight is 327 g/mol. The molecule has 9 heteroatoms. The molecule has 1 aromatic heterocycles. The Bertz CT molecular complexity index is 587. The van der Waals surface area contributed by atoms with Gasteiger partial charge >= 0.3 is 12.1 Å². The molecule has 0 amide bonds. The highest BCUT2D eigenvalue weighted by Crippen LogP contribution is 2.33.